The minimum Gasteiger partial charge on any atom is -0.373 e. The largest absolute Gasteiger partial charge is 0.373 e. The quantitative estimate of drug-likeness (QED) is 0.888. The highest BCUT2D eigenvalue weighted by molar-refractivity contribution is 5.60. The number of nitrogens with zero attached hydrogens (tertiary/aromatic N) is 3. The van der Waals surface area contributed by atoms with E-state index in [-0.39, 0.29) is 0 Å². The molecule has 0 atom stereocenters. The average molecular weight is 290 g/mol. The molecule has 4 nitrogen and oxygen atoms in total. The van der Waals surface area contributed by atoms with Gasteiger partial charge in [0.05, 0.1) is 0 Å². The Labute approximate surface area is 129 Å². The van der Waals surface area contributed by atoms with Crippen molar-refractivity contribution < 1.29 is 0 Å². The number of nitrogens with one attached hydrogen (secondary N) is 1. The van der Waals surface area contributed by atoms with Crippen LogP contribution in [0.1, 0.15) is 64.9 Å². The van der Waals surface area contributed by atoms with Crippen molar-refractivity contribution in [2.75, 3.05) is 30.4 Å². The van der Waals surface area contributed by atoms with Gasteiger partial charge in [0.15, 0.2) is 0 Å². The summed E-state index contributed by atoms with van der Waals surface area (Å²) >= 11 is 0. The molecule has 0 unspecified atom stereocenters. The molecule has 118 valence electrons. The van der Waals surface area contributed by atoms with Gasteiger partial charge < -0.3 is 10.2 Å². The highest BCUT2D eigenvalue weighted by Gasteiger charge is 2.32. The van der Waals surface area contributed by atoms with Gasteiger partial charge in [0.2, 0.25) is 0 Å². The molecule has 1 saturated heterocycles. The summed E-state index contributed by atoms with van der Waals surface area (Å²) in [6.45, 7) is 11.3. The van der Waals surface area contributed by atoms with Crippen molar-refractivity contribution in [3.63, 3.8) is 0 Å². The number of hydrogen-bond donors (Lipinski definition) is 1. The van der Waals surface area contributed by atoms with Crippen LogP contribution in [0, 0.1) is 5.41 Å². The van der Waals surface area contributed by atoms with E-state index in [2.05, 4.69) is 47.9 Å². The molecule has 0 bridgehead atoms. The summed E-state index contributed by atoms with van der Waals surface area (Å²) < 4.78 is 0. The van der Waals surface area contributed by atoms with E-state index in [1.807, 2.05) is 7.05 Å². The van der Waals surface area contributed by atoms with Crippen LogP contribution in [0.25, 0.3) is 0 Å². The van der Waals surface area contributed by atoms with Crippen LogP contribution in [0.5, 0.6) is 0 Å². The number of piperidine rings is 1. The van der Waals surface area contributed by atoms with Gasteiger partial charge in [-0.1, -0.05) is 40.5 Å². The second-order valence-electron chi connectivity index (χ2n) is 6.56. The zero-order valence-electron chi connectivity index (χ0n) is 14.2. The van der Waals surface area contributed by atoms with E-state index in [1.165, 1.54) is 31.2 Å². The summed E-state index contributed by atoms with van der Waals surface area (Å²) in [5.74, 6) is 2.52. The molecule has 0 amide bonds. The van der Waals surface area contributed by atoms with Gasteiger partial charge in [-0.05, 0) is 24.2 Å². The molecule has 4 heteroatoms. The number of anilines is 2. The van der Waals surface area contributed by atoms with Gasteiger partial charge in [-0.2, -0.15) is 0 Å². The maximum atomic E-state index is 4.61. The first-order valence-corrected chi connectivity index (χ1v) is 8.34. The fourth-order valence-corrected chi connectivity index (χ4v) is 3.52. The van der Waals surface area contributed by atoms with Crippen molar-refractivity contribution in [3.8, 4) is 0 Å². The van der Waals surface area contributed by atoms with Crippen molar-refractivity contribution in [2.24, 2.45) is 5.41 Å². The van der Waals surface area contributed by atoms with Gasteiger partial charge in [-0.15, -0.1) is 0 Å². The average Bonchev–Trinajstić information content (AvgIpc) is 2.54. The Bertz CT molecular complexity index is 456. The first-order valence-electron chi connectivity index (χ1n) is 8.34. The van der Waals surface area contributed by atoms with Crippen molar-refractivity contribution in [2.45, 2.75) is 59.3 Å². The third kappa shape index (κ3) is 3.14. The van der Waals surface area contributed by atoms with Crippen LogP contribution in [-0.2, 0) is 0 Å². The Balaban J connectivity index is 2.24. The molecule has 1 aromatic rings. The maximum absolute atomic E-state index is 4.61. The number of rotatable bonds is 5. The number of hydrogen-bond acceptors (Lipinski definition) is 4. The van der Waals surface area contributed by atoms with E-state index in [4.69, 9.17) is 0 Å². The molecule has 1 fully saturated rings. The molecule has 1 aliphatic heterocycles. The molecule has 0 aliphatic carbocycles. The summed E-state index contributed by atoms with van der Waals surface area (Å²) in [5, 5.41) is 3.22. The Morgan fingerprint density at radius 2 is 1.81 bits per heavy atom. The van der Waals surface area contributed by atoms with Crippen LogP contribution < -0.4 is 10.2 Å². The van der Waals surface area contributed by atoms with E-state index in [0.29, 0.717) is 11.3 Å². The van der Waals surface area contributed by atoms with E-state index in [9.17, 15) is 0 Å². The van der Waals surface area contributed by atoms with E-state index in [0.717, 1.165) is 24.7 Å². The molecular weight excluding hydrogens is 260 g/mol. The predicted molar refractivity (Wildman–Crippen MR) is 90.1 cm³/mol. The lowest BCUT2D eigenvalue weighted by atomic mass is 9.74. The zero-order chi connectivity index (χ0) is 15.5. The second kappa shape index (κ2) is 6.63. The molecule has 2 heterocycles. The summed E-state index contributed by atoms with van der Waals surface area (Å²) in [6.07, 6.45) is 6.82. The van der Waals surface area contributed by atoms with Crippen molar-refractivity contribution in [3.05, 3.63) is 11.9 Å². The van der Waals surface area contributed by atoms with E-state index >= 15 is 0 Å². The third-order valence-corrected chi connectivity index (χ3v) is 5.30. The van der Waals surface area contributed by atoms with Gasteiger partial charge in [0, 0.05) is 25.7 Å². The molecule has 2 rings (SSSR count). The van der Waals surface area contributed by atoms with E-state index in [1.54, 1.807) is 6.33 Å². The molecule has 21 heavy (non-hydrogen) atoms. The highest BCUT2D eigenvalue weighted by Crippen LogP contribution is 2.40. The van der Waals surface area contributed by atoms with Crippen LogP contribution in [0.2, 0.25) is 0 Å². The minimum absolute atomic E-state index is 0.424. The minimum atomic E-state index is 0.424. The lowest BCUT2D eigenvalue weighted by Crippen LogP contribution is -2.40. The maximum Gasteiger partial charge on any atom is 0.137 e. The van der Waals surface area contributed by atoms with Gasteiger partial charge in [0.1, 0.15) is 18.0 Å². The lowest BCUT2D eigenvalue weighted by Gasteiger charge is -2.42. The van der Waals surface area contributed by atoms with Gasteiger partial charge in [0.25, 0.3) is 0 Å². The van der Waals surface area contributed by atoms with Crippen molar-refractivity contribution >= 4 is 11.6 Å². The molecule has 0 saturated carbocycles. The molecular formula is C17H30N4. The highest BCUT2D eigenvalue weighted by atomic mass is 15.2. The predicted octanol–water partition coefficient (Wildman–Crippen LogP) is 4.05. The second-order valence-corrected chi connectivity index (χ2v) is 6.56. The van der Waals surface area contributed by atoms with Gasteiger partial charge in [-0.25, -0.2) is 9.97 Å². The van der Waals surface area contributed by atoms with Crippen LogP contribution >= 0.6 is 0 Å². The fraction of sp³-hybridized carbons (Fsp3) is 0.765. The van der Waals surface area contributed by atoms with Crippen molar-refractivity contribution in [1.29, 1.82) is 0 Å². The molecule has 1 aliphatic rings. The monoisotopic (exact) mass is 290 g/mol. The van der Waals surface area contributed by atoms with Crippen LogP contribution in [0.4, 0.5) is 11.6 Å². The third-order valence-electron chi connectivity index (χ3n) is 5.30. The first kappa shape index (κ1) is 16.1. The zero-order valence-corrected chi connectivity index (χ0v) is 14.2. The Morgan fingerprint density at radius 3 is 2.29 bits per heavy atom. The Morgan fingerprint density at radius 1 is 1.19 bits per heavy atom. The van der Waals surface area contributed by atoms with E-state index < -0.39 is 0 Å². The summed E-state index contributed by atoms with van der Waals surface area (Å²) in [7, 11) is 1.94. The Kier molecular flexibility index (Phi) is 5.07. The Hall–Kier alpha value is -1.32. The van der Waals surface area contributed by atoms with Crippen molar-refractivity contribution in [1.82, 2.24) is 9.97 Å². The summed E-state index contributed by atoms with van der Waals surface area (Å²) in [6, 6.07) is 0. The number of aromatic nitrogens is 2. The molecule has 1 N–H and O–H groups in total. The lowest BCUT2D eigenvalue weighted by molar-refractivity contribution is 0.199. The van der Waals surface area contributed by atoms with Gasteiger partial charge in [-0.3, -0.25) is 0 Å². The van der Waals surface area contributed by atoms with Crippen LogP contribution in [0.3, 0.4) is 0 Å². The standard InChI is InChI=1S/C17H30N4/c1-6-17(7-2)8-10-21(11-9-17)16-14(13(3)4)15(18-5)19-12-20-16/h12-13H,6-11H2,1-5H3,(H,18,19,20). The molecule has 1 aromatic heterocycles. The van der Waals surface area contributed by atoms with Gasteiger partial charge >= 0.3 is 0 Å². The first-order chi connectivity index (χ1) is 10.1. The molecule has 0 spiro atoms. The SMILES string of the molecule is CCC1(CC)CCN(c2ncnc(NC)c2C(C)C)CC1. The topological polar surface area (TPSA) is 41.1 Å². The van der Waals surface area contributed by atoms with Crippen LogP contribution in [-0.4, -0.2) is 30.1 Å². The smallest absolute Gasteiger partial charge is 0.137 e. The summed E-state index contributed by atoms with van der Waals surface area (Å²) in [4.78, 5) is 11.5. The molecule has 0 radical (unpaired) electrons. The fourth-order valence-electron chi connectivity index (χ4n) is 3.52. The summed E-state index contributed by atoms with van der Waals surface area (Å²) in [5.41, 5.74) is 1.80. The van der Waals surface area contributed by atoms with Crippen LogP contribution in [0.15, 0.2) is 6.33 Å². The molecule has 0 aromatic carbocycles. The normalized spacial score (nSPS) is 18.1.